The molecule has 0 saturated carbocycles. The standard InChI is InChI=1S/C12H18O.C7H4Br4O/c1-3-4-5-6-11-8-7-10(2)9-12(11)13;1-2-3(8)4(9)5(10)6(11)7(2)12/h7-9,13H,3-6H2,1-2H3;12H,1H3. The van der Waals surface area contributed by atoms with Crippen LogP contribution in [0.4, 0.5) is 0 Å². The first-order valence-corrected chi connectivity index (χ1v) is 11.2. The average Bonchev–Trinajstić information content (AvgIpc) is 2.59. The third-order valence-electron chi connectivity index (χ3n) is 3.76. The van der Waals surface area contributed by atoms with Gasteiger partial charge in [0.15, 0.2) is 0 Å². The van der Waals surface area contributed by atoms with E-state index in [1.165, 1.54) is 19.3 Å². The molecule has 0 aliphatic heterocycles. The van der Waals surface area contributed by atoms with Crippen molar-refractivity contribution in [2.45, 2.75) is 46.5 Å². The van der Waals surface area contributed by atoms with Gasteiger partial charge >= 0.3 is 0 Å². The molecule has 0 unspecified atom stereocenters. The monoisotopic (exact) mass is 598 g/mol. The zero-order valence-corrected chi connectivity index (χ0v) is 20.8. The topological polar surface area (TPSA) is 40.5 Å². The summed E-state index contributed by atoms with van der Waals surface area (Å²) in [6, 6.07) is 5.92. The van der Waals surface area contributed by atoms with Crippen LogP contribution in [0.5, 0.6) is 11.5 Å². The highest BCUT2D eigenvalue weighted by atomic mass is 79.9. The summed E-state index contributed by atoms with van der Waals surface area (Å²) in [6.07, 6.45) is 4.65. The molecule has 138 valence electrons. The molecule has 0 aromatic heterocycles. The number of aryl methyl sites for hydroxylation is 2. The molecule has 0 saturated heterocycles. The Morgan fingerprint density at radius 1 is 0.840 bits per heavy atom. The molecular weight excluding hydrogens is 580 g/mol. The highest BCUT2D eigenvalue weighted by Gasteiger charge is 2.15. The van der Waals surface area contributed by atoms with Gasteiger partial charge in [-0.3, -0.25) is 0 Å². The molecule has 0 fully saturated rings. The van der Waals surface area contributed by atoms with Gasteiger partial charge in [-0.1, -0.05) is 31.9 Å². The Bertz CT molecular complexity index is 625. The largest absolute Gasteiger partial charge is 0.508 e. The van der Waals surface area contributed by atoms with E-state index in [0.29, 0.717) is 10.2 Å². The Balaban J connectivity index is 0.000000251. The lowest BCUT2D eigenvalue weighted by Gasteiger charge is -2.09. The van der Waals surface area contributed by atoms with Crippen LogP contribution in [0, 0.1) is 13.8 Å². The number of aromatic hydroxyl groups is 2. The van der Waals surface area contributed by atoms with E-state index in [1.807, 2.05) is 26.0 Å². The van der Waals surface area contributed by atoms with Gasteiger partial charge in [-0.15, -0.1) is 0 Å². The van der Waals surface area contributed by atoms with Crippen LogP contribution in [-0.2, 0) is 6.42 Å². The van der Waals surface area contributed by atoms with Crippen LogP contribution in [0.25, 0.3) is 0 Å². The molecule has 2 aromatic rings. The lowest BCUT2D eigenvalue weighted by atomic mass is 10.0. The molecule has 2 N–H and O–H groups in total. The molecule has 0 heterocycles. The van der Waals surface area contributed by atoms with Crippen LogP contribution < -0.4 is 0 Å². The van der Waals surface area contributed by atoms with E-state index in [4.69, 9.17) is 0 Å². The molecule has 0 amide bonds. The molecular formula is C19H22Br4O2. The van der Waals surface area contributed by atoms with Crippen LogP contribution in [-0.4, -0.2) is 10.2 Å². The quantitative estimate of drug-likeness (QED) is 0.211. The first-order valence-electron chi connectivity index (χ1n) is 8.00. The molecule has 2 rings (SSSR count). The van der Waals surface area contributed by atoms with Gasteiger partial charge in [-0.05, 0) is 108 Å². The second kappa shape index (κ2) is 11.0. The number of benzene rings is 2. The molecule has 0 atom stereocenters. The van der Waals surface area contributed by atoms with Gasteiger partial charge < -0.3 is 10.2 Å². The second-order valence-corrected chi connectivity index (χ2v) is 8.99. The normalized spacial score (nSPS) is 10.4. The number of hydrogen-bond donors (Lipinski definition) is 2. The van der Waals surface area contributed by atoms with Crippen LogP contribution >= 0.6 is 63.7 Å². The maximum absolute atomic E-state index is 9.59. The Morgan fingerprint density at radius 3 is 2.00 bits per heavy atom. The second-order valence-electron chi connectivity index (χ2n) is 5.82. The van der Waals surface area contributed by atoms with E-state index >= 15 is 0 Å². The van der Waals surface area contributed by atoms with Crippen molar-refractivity contribution in [2.75, 3.05) is 0 Å². The van der Waals surface area contributed by atoms with Crippen molar-refractivity contribution in [1.29, 1.82) is 0 Å². The number of unbranched alkanes of at least 4 members (excludes halogenated alkanes) is 2. The fraction of sp³-hybridized carbons (Fsp3) is 0.368. The van der Waals surface area contributed by atoms with Crippen LogP contribution in [0.3, 0.4) is 0 Å². The lowest BCUT2D eigenvalue weighted by molar-refractivity contribution is 0.465. The van der Waals surface area contributed by atoms with E-state index in [0.717, 1.165) is 36.5 Å². The van der Waals surface area contributed by atoms with Gasteiger partial charge in [-0.2, -0.15) is 0 Å². The summed E-state index contributed by atoms with van der Waals surface area (Å²) in [5.41, 5.74) is 3.01. The van der Waals surface area contributed by atoms with Crippen molar-refractivity contribution in [3.05, 3.63) is 52.8 Å². The summed E-state index contributed by atoms with van der Waals surface area (Å²) in [7, 11) is 0. The SMILES string of the molecule is CCCCCc1ccc(C)cc1O.Cc1c(O)c(Br)c(Br)c(Br)c1Br. The molecule has 0 bridgehead atoms. The van der Waals surface area contributed by atoms with Gasteiger partial charge in [0.25, 0.3) is 0 Å². The average molecular weight is 602 g/mol. The van der Waals surface area contributed by atoms with Crippen molar-refractivity contribution in [1.82, 2.24) is 0 Å². The summed E-state index contributed by atoms with van der Waals surface area (Å²) in [5, 5.41) is 19.2. The molecule has 2 nitrogen and oxygen atoms in total. The highest BCUT2D eigenvalue weighted by molar-refractivity contribution is 9.15. The van der Waals surface area contributed by atoms with E-state index in [9.17, 15) is 10.2 Å². The minimum atomic E-state index is 0.247. The predicted octanol–water partition coefficient (Wildman–Crippen LogP) is 8.18. The Kier molecular flexibility index (Phi) is 10.1. The first kappa shape index (κ1) is 23.0. The summed E-state index contributed by atoms with van der Waals surface area (Å²) in [6.45, 7) is 6.02. The molecule has 6 heteroatoms. The van der Waals surface area contributed by atoms with Gasteiger partial charge in [0, 0.05) is 14.5 Å². The van der Waals surface area contributed by atoms with E-state index in [1.54, 1.807) is 0 Å². The Morgan fingerprint density at radius 2 is 1.44 bits per heavy atom. The third-order valence-corrected chi connectivity index (χ3v) is 8.71. The molecule has 0 aliphatic rings. The summed E-state index contributed by atoms with van der Waals surface area (Å²) in [5.74, 6) is 0.702. The van der Waals surface area contributed by atoms with Crippen molar-refractivity contribution < 1.29 is 10.2 Å². The first-order chi connectivity index (χ1) is 11.7. The van der Waals surface area contributed by atoms with Crippen LogP contribution in [0.15, 0.2) is 36.1 Å². The zero-order valence-electron chi connectivity index (χ0n) is 14.5. The number of hydrogen-bond acceptors (Lipinski definition) is 2. The van der Waals surface area contributed by atoms with Gasteiger partial charge in [-0.25, -0.2) is 0 Å². The maximum Gasteiger partial charge on any atom is 0.135 e. The lowest BCUT2D eigenvalue weighted by Crippen LogP contribution is -1.86. The minimum absolute atomic E-state index is 0.247. The van der Waals surface area contributed by atoms with Crippen LogP contribution in [0.2, 0.25) is 0 Å². The van der Waals surface area contributed by atoms with Crippen molar-refractivity contribution >= 4 is 63.7 Å². The summed E-state index contributed by atoms with van der Waals surface area (Å²) >= 11 is 13.3. The molecule has 0 spiro atoms. The Labute approximate surface area is 183 Å². The van der Waals surface area contributed by atoms with E-state index in [-0.39, 0.29) is 5.75 Å². The number of phenols is 2. The minimum Gasteiger partial charge on any atom is -0.508 e. The third kappa shape index (κ3) is 6.56. The van der Waals surface area contributed by atoms with E-state index in [2.05, 4.69) is 76.7 Å². The predicted molar refractivity (Wildman–Crippen MR) is 120 cm³/mol. The fourth-order valence-electron chi connectivity index (χ4n) is 2.18. The van der Waals surface area contributed by atoms with Crippen molar-refractivity contribution in [3.63, 3.8) is 0 Å². The maximum atomic E-state index is 9.59. The van der Waals surface area contributed by atoms with Crippen LogP contribution in [0.1, 0.15) is 42.9 Å². The van der Waals surface area contributed by atoms with Crippen molar-refractivity contribution in [3.8, 4) is 11.5 Å². The summed E-state index contributed by atoms with van der Waals surface area (Å²) in [4.78, 5) is 0. The zero-order chi connectivity index (χ0) is 19.1. The molecule has 0 radical (unpaired) electrons. The fourth-order valence-corrected chi connectivity index (χ4v) is 4.48. The highest BCUT2D eigenvalue weighted by Crippen LogP contribution is 2.44. The number of rotatable bonds is 4. The number of phenolic OH excluding ortho intramolecular Hbond substituents is 2. The van der Waals surface area contributed by atoms with Gasteiger partial charge in [0.1, 0.15) is 11.5 Å². The van der Waals surface area contributed by atoms with Gasteiger partial charge in [0.05, 0.1) is 8.95 Å². The summed E-state index contributed by atoms with van der Waals surface area (Å²) < 4.78 is 3.22. The molecule has 0 aliphatic carbocycles. The smallest absolute Gasteiger partial charge is 0.135 e. The molecule has 25 heavy (non-hydrogen) atoms. The van der Waals surface area contributed by atoms with E-state index < -0.39 is 0 Å². The number of halogens is 4. The molecule has 2 aromatic carbocycles. The van der Waals surface area contributed by atoms with Crippen molar-refractivity contribution in [2.24, 2.45) is 0 Å². The Hall–Kier alpha value is -0.0400. The van der Waals surface area contributed by atoms with Gasteiger partial charge in [0.2, 0.25) is 0 Å².